The molecule has 7 heteroatoms. The van der Waals surface area contributed by atoms with Gasteiger partial charge in [-0.25, -0.2) is 8.42 Å². The molecule has 96 valence electrons. The lowest BCUT2D eigenvalue weighted by molar-refractivity contribution is 0.351. The largest absolute Gasteiger partial charge is 0.252 e. The SMILES string of the molecule is Cc1cc(S(=O)(=O)N2CCC(Cl)CC2)sc1Cl. The van der Waals surface area contributed by atoms with E-state index in [1.54, 1.807) is 6.07 Å². The van der Waals surface area contributed by atoms with E-state index >= 15 is 0 Å². The van der Waals surface area contributed by atoms with Crippen LogP contribution in [0.15, 0.2) is 10.3 Å². The van der Waals surface area contributed by atoms with E-state index < -0.39 is 10.0 Å². The molecule has 1 saturated heterocycles. The molecule has 0 aromatic carbocycles. The second kappa shape index (κ2) is 5.05. The van der Waals surface area contributed by atoms with Crippen LogP contribution in [0.3, 0.4) is 0 Å². The summed E-state index contributed by atoms with van der Waals surface area (Å²) in [5.41, 5.74) is 0.808. The maximum atomic E-state index is 12.3. The van der Waals surface area contributed by atoms with Gasteiger partial charge < -0.3 is 0 Å². The molecule has 1 aromatic rings. The van der Waals surface area contributed by atoms with E-state index in [0.717, 1.165) is 16.9 Å². The van der Waals surface area contributed by atoms with Crippen molar-refractivity contribution in [1.29, 1.82) is 0 Å². The predicted molar refractivity (Wildman–Crippen MR) is 71.7 cm³/mol. The van der Waals surface area contributed by atoms with Gasteiger partial charge in [-0.2, -0.15) is 4.31 Å². The molecule has 1 aliphatic rings. The van der Waals surface area contributed by atoms with Gasteiger partial charge in [0.05, 0.1) is 4.34 Å². The lowest BCUT2D eigenvalue weighted by Crippen LogP contribution is -2.38. The van der Waals surface area contributed by atoms with E-state index in [-0.39, 0.29) is 5.38 Å². The van der Waals surface area contributed by atoms with Gasteiger partial charge in [0.25, 0.3) is 10.0 Å². The summed E-state index contributed by atoms with van der Waals surface area (Å²) in [5.74, 6) is 0. The van der Waals surface area contributed by atoms with Crippen molar-refractivity contribution in [2.45, 2.75) is 29.4 Å². The van der Waals surface area contributed by atoms with Crippen LogP contribution >= 0.6 is 34.5 Å². The quantitative estimate of drug-likeness (QED) is 0.787. The molecule has 2 rings (SSSR count). The van der Waals surface area contributed by atoms with Crippen LogP contribution in [-0.2, 0) is 10.0 Å². The maximum Gasteiger partial charge on any atom is 0.252 e. The van der Waals surface area contributed by atoms with Gasteiger partial charge in [-0.3, -0.25) is 0 Å². The van der Waals surface area contributed by atoms with Crippen molar-refractivity contribution >= 4 is 44.6 Å². The normalized spacial score (nSPS) is 19.7. The topological polar surface area (TPSA) is 37.4 Å². The zero-order valence-corrected chi connectivity index (χ0v) is 12.5. The van der Waals surface area contributed by atoms with Crippen LogP contribution in [0, 0.1) is 6.92 Å². The van der Waals surface area contributed by atoms with E-state index in [1.165, 1.54) is 4.31 Å². The summed E-state index contributed by atoms with van der Waals surface area (Å²) in [6.45, 7) is 2.79. The molecule has 0 radical (unpaired) electrons. The van der Waals surface area contributed by atoms with Crippen LogP contribution in [0.4, 0.5) is 0 Å². The van der Waals surface area contributed by atoms with Crippen LogP contribution in [0.25, 0.3) is 0 Å². The molecule has 1 aromatic heterocycles. The van der Waals surface area contributed by atoms with Crippen molar-refractivity contribution in [3.8, 4) is 0 Å². The highest BCUT2D eigenvalue weighted by atomic mass is 35.5. The average molecular weight is 314 g/mol. The number of halogens is 2. The molecule has 0 bridgehead atoms. The smallest absolute Gasteiger partial charge is 0.206 e. The Morgan fingerprint density at radius 2 is 2.00 bits per heavy atom. The van der Waals surface area contributed by atoms with Crippen LogP contribution in [0.2, 0.25) is 4.34 Å². The maximum absolute atomic E-state index is 12.3. The van der Waals surface area contributed by atoms with E-state index in [0.29, 0.717) is 34.5 Å². The van der Waals surface area contributed by atoms with Gasteiger partial charge in [0.2, 0.25) is 0 Å². The lowest BCUT2D eigenvalue weighted by atomic mass is 10.2. The fraction of sp³-hybridized carbons (Fsp3) is 0.600. The standard InChI is InChI=1S/C10H13Cl2NO2S2/c1-7-6-9(16-10(7)12)17(14,15)13-4-2-8(11)3-5-13/h6,8H,2-5H2,1H3. The Hall–Kier alpha value is 0.190. The number of sulfonamides is 1. The second-order valence-corrected chi connectivity index (χ2v) is 8.54. The Bertz CT molecular complexity index is 485. The second-order valence-electron chi connectivity index (χ2n) is 4.10. The monoisotopic (exact) mass is 313 g/mol. The third kappa shape index (κ3) is 2.79. The van der Waals surface area contributed by atoms with E-state index in [4.69, 9.17) is 23.2 Å². The Balaban J connectivity index is 2.24. The van der Waals surface area contributed by atoms with Gasteiger partial charge in [0.1, 0.15) is 4.21 Å². The number of hydrogen-bond acceptors (Lipinski definition) is 3. The third-order valence-corrected chi connectivity index (χ3v) is 7.15. The van der Waals surface area contributed by atoms with Crippen LogP contribution in [0.1, 0.15) is 18.4 Å². The molecular weight excluding hydrogens is 301 g/mol. The summed E-state index contributed by atoms with van der Waals surface area (Å²) in [5, 5.41) is 0.0927. The van der Waals surface area contributed by atoms with E-state index in [2.05, 4.69) is 0 Å². The summed E-state index contributed by atoms with van der Waals surface area (Å²) in [6.07, 6.45) is 1.41. The lowest BCUT2D eigenvalue weighted by Gasteiger charge is -2.27. The fourth-order valence-electron chi connectivity index (χ4n) is 1.75. The number of rotatable bonds is 2. The molecule has 0 N–H and O–H groups in total. The zero-order chi connectivity index (χ0) is 12.6. The summed E-state index contributed by atoms with van der Waals surface area (Å²) in [7, 11) is -3.38. The summed E-state index contributed by atoms with van der Waals surface area (Å²) in [6, 6.07) is 1.63. The summed E-state index contributed by atoms with van der Waals surface area (Å²) >= 11 is 13.0. The average Bonchev–Trinajstić information content (AvgIpc) is 2.60. The Morgan fingerprint density at radius 3 is 2.47 bits per heavy atom. The van der Waals surface area contributed by atoms with Crippen molar-refractivity contribution in [3.63, 3.8) is 0 Å². The van der Waals surface area contributed by atoms with Gasteiger partial charge in [0.15, 0.2) is 0 Å². The highest BCUT2D eigenvalue weighted by molar-refractivity contribution is 7.91. The first-order valence-electron chi connectivity index (χ1n) is 5.31. The van der Waals surface area contributed by atoms with Crippen LogP contribution in [-0.4, -0.2) is 31.2 Å². The van der Waals surface area contributed by atoms with Crippen molar-refractivity contribution in [2.24, 2.45) is 0 Å². The number of aryl methyl sites for hydroxylation is 1. The minimum Gasteiger partial charge on any atom is -0.206 e. The highest BCUT2D eigenvalue weighted by Crippen LogP contribution is 2.33. The molecule has 1 fully saturated rings. The molecule has 0 aliphatic carbocycles. The molecule has 0 unspecified atom stereocenters. The van der Waals surface area contributed by atoms with Gasteiger partial charge in [-0.15, -0.1) is 22.9 Å². The van der Waals surface area contributed by atoms with Crippen molar-refractivity contribution in [1.82, 2.24) is 4.31 Å². The Labute approximate surface area is 115 Å². The third-order valence-electron chi connectivity index (χ3n) is 2.81. The fourth-order valence-corrected chi connectivity index (χ4v) is 5.28. The van der Waals surface area contributed by atoms with Crippen molar-refractivity contribution in [3.05, 3.63) is 16.0 Å². The van der Waals surface area contributed by atoms with Crippen LogP contribution < -0.4 is 0 Å². The molecule has 3 nitrogen and oxygen atoms in total. The molecule has 0 spiro atoms. The van der Waals surface area contributed by atoms with Crippen LogP contribution in [0.5, 0.6) is 0 Å². The number of hydrogen-bond donors (Lipinski definition) is 0. The minimum absolute atomic E-state index is 0.0927. The van der Waals surface area contributed by atoms with E-state index in [1.807, 2.05) is 6.92 Å². The predicted octanol–water partition coefficient (Wildman–Crippen LogP) is 3.10. The number of thiophene rings is 1. The van der Waals surface area contributed by atoms with Gasteiger partial charge >= 0.3 is 0 Å². The molecule has 0 atom stereocenters. The van der Waals surface area contributed by atoms with Crippen molar-refractivity contribution in [2.75, 3.05) is 13.1 Å². The highest BCUT2D eigenvalue weighted by Gasteiger charge is 2.30. The number of nitrogens with zero attached hydrogens (tertiary/aromatic N) is 1. The first-order chi connectivity index (χ1) is 7.91. The van der Waals surface area contributed by atoms with Crippen molar-refractivity contribution < 1.29 is 8.42 Å². The van der Waals surface area contributed by atoms with Gasteiger partial charge in [0, 0.05) is 18.5 Å². The van der Waals surface area contributed by atoms with Gasteiger partial charge in [-0.1, -0.05) is 11.6 Å². The first kappa shape index (κ1) is 13.6. The zero-order valence-electron chi connectivity index (χ0n) is 9.32. The number of alkyl halides is 1. The van der Waals surface area contributed by atoms with E-state index in [9.17, 15) is 8.42 Å². The number of piperidine rings is 1. The molecule has 17 heavy (non-hydrogen) atoms. The first-order valence-corrected chi connectivity index (χ1v) is 8.38. The Kier molecular flexibility index (Phi) is 4.05. The molecule has 1 aliphatic heterocycles. The molecule has 2 heterocycles. The Morgan fingerprint density at radius 1 is 1.41 bits per heavy atom. The summed E-state index contributed by atoms with van der Waals surface area (Å²) in [4.78, 5) is 0. The minimum atomic E-state index is -3.38. The van der Waals surface area contributed by atoms with Gasteiger partial charge in [-0.05, 0) is 31.4 Å². The molecular formula is C10H13Cl2NO2S2. The molecule has 0 amide bonds. The summed E-state index contributed by atoms with van der Waals surface area (Å²) < 4.78 is 26.9. The molecule has 0 saturated carbocycles.